The number of aryl methyl sites for hydroxylation is 1. The van der Waals surface area contributed by atoms with Crippen molar-refractivity contribution >= 4 is 27.3 Å². The van der Waals surface area contributed by atoms with Gasteiger partial charge in [0.05, 0.1) is 5.02 Å². The highest BCUT2D eigenvalue weighted by Gasteiger charge is 2.24. The van der Waals surface area contributed by atoms with Crippen molar-refractivity contribution in [3.8, 4) is 0 Å². The minimum Gasteiger partial charge on any atom is -0.398 e. The zero-order valence-corrected chi connectivity index (χ0v) is 13.3. The predicted molar refractivity (Wildman–Crippen MR) is 79.8 cm³/mol. The van der Waals surface area contributed by atoms with E-state index in [-0.39, 0.29) is 21.9 Å². The molecule has 1 unspecified atom stereocenters. The summed E-state index contributed by atoms with van der Waals surface area (Å²) in [7, 11) is -3.65. The van der Waals surface area contributed by atoms with Crippen LogP contribution in [0.3, 0.4) is 0 Å². The molecule has 0 aromatic heterocycles. The first-order chi connectivity index (χ1) is 8.69. The third-order valence-electron chi connectivity index (χ3n) is 3.16. The fraction of sp³-hybridized carbons (Fsp3) is 0.538. The Labute approximate surface area is 120 Å². The van der Waals surface area contributed by atoms with Gasteiger partial charge < -0.3 is 5.73 Å². The maximum Gasteiger partial charge on any atom is 0.242 e. The van der Waals surface area contributed by atoms with Crippen LogP contribution in [-0.2, 0) is 10.0 Å². The third-order valence-corrected chi connectivity index (χ3v) is 5.12. The average molecular weight is 305 g/mol. The van der Waals surface area contributed by atoms with Crippen molar-refractivity contribution in [3.63, 3.8) is 0 Å². The molecule has 1 aromatic rings. The minimum atomic E-state index is -3.65. The third kappa shape index (κ3) is 3.84. The van der Waals surface area contributed by atoms with E-state index in [0.29, 0.717) is 5.69 Å². The molecular weight excluding hydrogens is 284 g/mol. The highest BCUT2D eigenvalue weighted by atomic mass is 35.5. The Morgan fingerprint density at radius 2 is 1.95 bits per heavy atom. The summed E-state index contributed by atoms with van der Waals surface area (Å²) in [5.74, 6) is 0.210. The second-order valence-electron chi connectivity index (χ2n) is 5.02. The van der Waals surface area contributed by atoms with Gasteiger partial charge in [0.2, 0.25) is 10.0 Å². The van der Waals surface area contributed by atoms with Crippen LogP contribution in [-0.4, -0.2) is 14.5 Å². The van der Waals surface area contributed by atoms with Crippen molar-refractivity contribution in [2.24, 2.45) is 5.92 Å². The molecule has 0 spiro atoms. The molecule has 1 atom stereocenters. The number of nitrogens with one attached hydrogen (secondary N) is 1. The monoisotopic (exact) mass is 304 g/mol. The SMILES string of the molecule is CCC(NS(=O)(=O)c1cc(N)c(C)cc1Cl)C(C)C. The van der Waals surface area contributed by atoms with Crippen LogP contribution in [0.25, 0.3) is 0 Å². The molecule has 19 heavy (non-hydrogen) atoms. The molecular formula is C13H21ClN2O2S. The highest BCUT2D eigenvalue weighted by molar-refractivity contribution is 7.89. The molecule has 108 valence electrons. The Hall–Kier alpha value is -0.780. The lowest BCUT2D eigenvalue weighted by atomic mass is 10.0. The number of hydrogen-bond acceptors (Lipinski definition) is 3. The maximum atomic E-state index is 12.3. The van der Waals surface area contributed by atoms with E-state index >= 15 is 0 Å². The van der Waals surface area contributed by atoms with Crippen LogP contribution in [0.4, 0.5) is 5.69 Å². The summed E-state index contributed by atoms with van der Waals surface area (Å²) in [4.78, 5) is 0.0383. The van der Waals surface area contributed by atoms with Crippen molar-refractivity contribution in [2.75, 3.05) is 5.73 Å². The van der Waals surface area contributed by atoms with Crippen molar-refractivity contribution in [3.05, 3.63) is 22.7 Å². The topological polar surface area (TPSA) is 72.2 Å². The standard InChI is InChI=1S/C13H21ClN2O2S/c1-5-12(8(2)3)16-19(17,18)13-7-11(15)9(4)6-10(13)14/h6-8,12,16H,5,15H2,1-4H3. The molecule has 1 aromatic carbocycles. The lowest BCUT2D eigenvalue weighted by Crippen LogP contribution is -2.38. The summed E-state index contributed by atoms with van der Waals surface area (Å²) in [6, 6.07) is 2.86. The lowest BCUT2D eigenvalue weighted by Gasteiger charge is -2.21. The normalized spacial score (nSPS) is 13.8. The highest BCUT2D eigenvalue weighted by Crippen LogP contribution is 2.27. The van der Waals surface area contributed by atoms with Crippen LogP contribution in [0.15, 0.2) is 17.0 Å². The number of nitrogens with two attached hydrogens (primary N) is 1. The minimum absolute atomic E-state index is 0.0383. The van der Waals surface area contributed by atoms with Crippen molar-refractivity contribution in [2.45, 2.75) is 45.1 Å². The Balaban J connectivity index is 3.17. The molecule has 1 rings (SSSR count). The van der Waals surface area contributed by atoms with Crippen LogP contribution in [0.1, 0.15) is 32.8 Å². The van der Waals surface area contributed by atoms with Gasteiger partial charge in [-0.15, -0.1) is 0 Å². The first kappa shape index (κ1) is 16.3. The number of hydrogen-bond donors (Lipinski definition) is 2. The fourth-order valence-electron chi connectivity index (χ4n) is 1.83. The summed E-state index contributed by atoms with van der Waals surface area (Å²) in [6.07, 6.45) is 0.718. The van der Waals surface area contributed by atoms with Gasteiger partial charge in [-0.2, -0.15) is 0 Å². The Kier molecular flexibility index (Phi) is 5.24. The van der Waals surface area contributed by atoms with Gasteiger partial charge >= 0.3 is 0 Å². The van der Waals surface area contributed by atoms with Gasteiger partial charge in [-0.05, 0) is 37.0 Å². The number of benzene rings is 1. The van der Waals surface area contributed by atoms with Crippen LogP contribution in [0.2, 0.25) is 5.02 Å². The molecule has 0 aliphatic carbocycles. The molecule has 0 aliphatic rings. The maximum absolute atomic E-state index is 12.3. The van der Waals surface area contributed by atoms with Gasteiger partial charge in [0, 0.05) is 11.7 Å². The average Bonchev–Trinajstić information content (AvgIpc) is 2.30. The molecule has 0 aliphatic heterocycles. The molecule has 0 saturated heterocycles. The van der Waals surface area contributed by atoms with Gasteiger partial charge in [0.1, 0.15) is 4.90 Å². The second-order valence-corrected chi connectivity index (χ2v) is 7.11. The van der Waals surface area contributed by atoms with Crippen molar-refractivity contribution in [1.29, 1.82) is 0 Å². The van der Waals surface area contributed by atoms with Gasteiger partial charge in [0.25, 0.3) is 0 Å². The summed E-state index contributed by atoms with van der Waals surface area (Å²) < 4.78 is 27.4. The van der Waals surface area contributed by atoms with Crippen molar-refractivity contribution < 1.29 is 8.42 Å². The molecule has 0 radical (unpaired) electrons. The van der Waals surface area contributed by atoms with Crippen LogP contribution in [0, 0.1) is 12.8 Å². The quantitative estimate of drug-likeness (QED) is 0.822. The molecule has 0 heterocycles. The number of rotatable bonds is 5. The zero-order chi connectivity index (χ0) is 14.8. The van der Waals surface area contributed by atoms with Gasteiger partial charge in [-0.25, -0.2) is 13.1 Å². The van der Waals surface area contributed by atoms with E-state index in [4.69, 9.17) is 17.3 Å². The van der Waals surface area contributed by atoms with E-state index in [9.17, 15) is 8.42 Å². The summed E-state index contributed by atoms with van der Waals surface area (Å²) in [6.45, 7) is 7.68. The number of sulfonamides is 1. The van der Waals surface area contributed by atoms with E-state index in [1.165, 1.54) is 6.07 Å². The predicted octanol–water partition coefficient (Wildman–Crippen LogP) is 2.94. The van der Waals surface area contributed by atoms with Gasteiger partial charge in [0.15, 0.2) is 0 Å². The molecule has 0 saturated carbocycles. The van der Waals surface area contributed by atoms with E-state index in [2.05, 4.69) is 4.72 Å². The fourth-order valence-corrected chi connectivity index (χ4v) is 3.91. The number of anilines is 1. The second kappa shape index (κ2) is 6.11. The number of nitrogen functional groups attached to an aromatic ring is 1. The molecule has 0 amide bonds. The summed E-state index contributed by atoms with van der Waals surface area (Å²) in [5.41, 5.74) is 6.94. The van der Waals surface area contributed by atoms with Crippen LogP contribution in [0.5, 0.6) is 0 Å². The molecule has 0 fully saturated rings. The first-order valence-corrected chi connectivity index (χ1v) is 8.13. The van der Waals surface area contributed by atoms with Gasteiger partial charge in [-0.1, -0.05) is 32.4 Å². The van der Waals surface area contributed by atoms with Crippen molar-refractivity contribution in [1.82, 2.24) is 4.72 Å². The molecule has 0 bridgehead atoms. The zero-order valence-electron chi connectivity index (χ0n) is 11.7. The Morgan fingerprint density at radius 1 is 1.37 bits per heavy atom. The summed E-state index contributed by atoms with van der Waals surface area (Å²) >= 11 is 6.02. The van der Waals surface area contributed by atoms with Crippen LogP contribution >= 0.6 is 11.6 Å². The smallest absolute Gasteiger partial charge is 0.242 e. The molecule has 3 N–H and O–H groups in total. The number of halogens is 1. The molecule has 6 heteroatoms. The van der Waals surface area contributed by atoms with E-state index < -0.39 is 10.0 Å². The Bertz CT molecular complexity index is 556. The Morgan fingerprint density at radius 3 is 2.42 bits per heavy atom. The van der Waals surface area contributed by atoms with E-state index in [1.807, 2.05) is 20.8 Å². The summed E-state index contributed by atoms with van der Waals surface area (Å²) in [5, 5.41) is 0.192. The first-order valence-electron chi connectivity index (χ1n) is 6.27. The largest absolute Gasteiger partial charge is 0.398 e. The van der Waals surface area contributed by atoms with E-state index in [0.717, 1.165) is 12.0 Å². The van der Waals surface area contributed by atoms with Gasteiger partial charge in [-0.3, -0.25) is 0 Å². The molecule has 4 nitrogen and oxygen atoms in total. The van der Waals surface area contributed by atoms with E-state index in [1.54, 1.807) is 13.0 Å². The lowest BCUT2D eigenvalue weighted by molar-refractivity contribution is 0.437. The van der Waals surface area contributed by atoms with Crippen LogP contribution < -0.4 is 10.5 Å².